The van der Waals surface area contributed by atoms with E-state index in [1.807, 2.05) is 100 Å². The number of carbonyl (C=O) groups is 2. The van der Waals surface area contributed by atoms with E-state index in [1.165, 1.54) is 0 Å². The lowest BCUT2D eigenvalue weighted by Gasteiger charge is -2.31. The lowest BCUT2D eigenvalue weighted by Crippen LogP contribution is -2.51. The highest BCUT2D eigenvalue weighted by molar-refractivity contribution is 5.88. The lowest BCUT2D eigenvalue weighted by molar-refractivity contribution is -0.142. The van der Waals surface area contributed by atoms with Crippen LogP contribution < -0.4 is 10.1 Å². The summed E-state index contributed by atoms with van der Waals surface area (Å²) in [6, 6.07) is 23.1. The molecule has 3 aromatic rings. The topological polar surface area (TPSA) is 58.6 Å². The van der Waals surface area contributed by atoms with Crippen LogP contribution in [-0.4, -0.2) is 35.9 Å². The van der Waals surface area contributed by atoms with Gasteiger partial charge in [0.05, 0.1) is 0 Å². The maximum absolute atomic E-state index is 13.6. The van der Waals surface area contributed by atoms with Crippen molar-refractivity contribution in [2.45, 2.75) is 46.7 Å². The van der Waals surface area contributed by atoms with E-state index in [2.05, 4.69) is 5.32 Å². The second kappa shape index (κ2) is 12.0. The summed E-state index contributed by atoms with van der Waals surface area (Å²) in [6.07, 6.45) is 0.424. The maximum atomic E-state index is 13.6. The Morgan fingerprint density at radius 3 is 2.29 bits per heavy atom. The van der Waals surface area contributed by atoms with Gasteiger partial charge in [0, 0.05) is 19.5 Å². The van der Waals surface area contributed by atoms with Gasteiger partial charge in [-0.25, -0.2) is 0 Å². The van der Waals surface area contributed by atoms with Crippen molar-refractivity contribution in [1.29, 1.82) is 0 Å². The quantitative estimate of drug-likeness (QED) is 0.476. The summed E-state index contributed by atoms with van der Waals surface area (Å²) in [5, 5.41) is 2.92. The van der Waals surface area contributed by atoms with Gasteiger partial charge in [-0.15, -0.1) is 0 Å². The molecule has 0 saturated heterocycles. The fourth-order valence-corrected chi connectivity index (χ4v) is 3.94. The van der Waals surface area contributed by atoms with Gasteiger partial charge >= 0.3 is 0 Å². The monoisotopic (exact) mass is 458 g/mol. The number of ether oxygens (including phenoxy) is 1. The third kappa shape index (κ3) is 6.95. The molecule has 0 aliphatic carbocycles. The van der Waals surface area contributed by atoms with E-state index >= 15 is 0 Å². The highest BCUT2D eigenvalue weighted by Gasteiger charge is 2.30. The van der Waals surface area contributed by atoms with Crippen LogP contribution in [0.2, 0.25) is 0 Å². The van der Waals surface area contributed by atoms with Gasteiger partial charge in [0.2, 0.25) is 5.91 Å². The molecule has 3 rings (SSSR count). The molecule has 0 bridgehead atoms. The molecule has 178 valence electrons. The second-order valence-corrected chi connectivity index (χ2v) is 8.67. The smallest absolute Gasteiger partial charge is 0.261 e. The Morgan fingerprint density at radius 2 is 1.59 bits per heavy atom. The van der Waals surface area contributed by atoms with Gasteiger partial charge in [-0.2, -0.15) is 0 Å². The normalized spacial score (nSPS) is 11.5. The highest BCUT2D eigenvalue weighted by Crippen LogP contribution is 2.20. The van der Waals surface area contributed by atoms with Crippen LogP contribution in [0.3, 0.4) is 0 Å². The highest BCUT2D eigenvalue weighted by atomic mass is 16.5. The summed E-state index contributed by atoms with van der Waals surface area (Å²) < 4.78 is 5.94. The Morgan fingerprint density at radius 1 is 0.882 bits per heavy atom. The lowest BCUT2D eigenvalue weighted by atomic mass is 10.0. The fraction of sp³-hybridized carbons (Fsp3) is 0.310. The van der Waals surface area contributed by atoms with Crippen LogP contribution >= 0.6 is 0 Å². The average Bonchev–Trinajstić information content (AvgIpc) is 2.82. The van der Waals surface area contributed by atoms with Gasteiger partial charge in [0.25, 0.3) is 5.91 Å². The van der Waals surface area contributed by atoms with Crippen LogP contribution in [0.1, 0.15) is 34.7 Å². The molecule has 5 nitrogen and oxygen atoms in total. The summed E-state index contributed by atoms with van der Waals surface area (Å²) >= 11 is 0. The summed E-state index contributed by atoms with van der Waals surface area (Å²) in [5.74, 6) is 0.287. The van der Waals surface area contributed by atoms with E-state index in [-0.39, 0.29) is 18.4 Å². The first kappa shape index (κ1) is 25.0. The first-order valence-corrected chi connectivity index (χ1v) is 11.7. The zero-order chi connectivity index (χ0) is 24.5. The number of hydrogen-bond donors (Lipinski definition) is 1. The van der Waals surface area contributed by atoms with Crippen LogP contribution in [0.25, 0.3) is 0 Å². The molecule has 0 saturated carbocycles. The summed E-state index contributed by atoms with van der Waals surface area (Å²) in [6.45, 7) is 8.53. The standard InChI is InChI=1S/C29H34N2O3/c1-5-30-29(33)26(18-24-11-7-6-8-12-24)31(19-25-13-9-10-21(2)16-25)28(32)20-34-27-17-22(3)14-15-23(27)4/h6-17,26H,5,18-20H2,1-4H3,(H,30,33)/t26-/m0/s1. The van der Waals surface area contributed by atoms with E-state index in [0.29, 0.717) is 25.3 Å². The van der Waals surface area contributed by atoms with Gasteiger partial charge in [0.1, 0.15) is 11.8 Å². The molecule has 0 spiro atoms. The molecule has 1 atom stereocenters. The Kier molecular flexibility index (Phi) is 8.86. The predicted molar refractivity (Wildman–Crippen MR) is 136 cm³/mol. The maximum Gasteiger partial charge on any atom is 0.261 e. The SMILES string of the molecule is CCNC(=O)[C@H](Cc1ccccc1)N(Cc1cccc(C)c1)C(=O)COc1cc(C)ccc1C. The number of carbonyl (C=O) groups excluding carboxylic acids is 2. The average molecular weight is 459 g/mol. The van der Waals surface area contributed by atoms with Crippen LogP contribution in [0.5, 0.6) is 5.75 Å². The third-order valence-corrected chi connectivity index (χ3v) is 5.75. The molecule has 3 aromatic carbocycles. The Hall–Kier alpha value is -3.60. The van der Waals surface area contributed by atoms with Crippen molar-refractivity contribution < 1.29 is 14.3 Å². The van der Waals surface area contributed by atoms with Gasteiger partial charge in [-0.3, -0.25) is 9.59 Å². The van der Waals surface area contributed by atoms with E-state index in [0.717, 1.165) is 27.8 Å². The first-order chi connectivity index (χ1) is 16.4. The van der Waals surface area contributed by atoms with E-state index in [9.17, 15) is 9.59 Å². The van der Waals surface area contributed by atoms with Crippen LogP contribution in [0.15, 0.2) is 72.8 Å². The summed E-state index contributed by atoms with van der Waals surface area (Å²) in [4.78, 5) is 28.4. The largest absolute Gasteiger partial charge is 0.483 e. The van der Waals surface area contributed by atoms with Gasteiger partial charge in [0.15, 0.2) is 6.61 Å². The van der Waals surface area contributed by atoms with Crippen molar-refractivity contribution in [3.05, 3.63) is 101 Å². The van der Waals surface area contributed by atoms with Gasteiger partial charge in [-0.05, 0) is 56.0 Å². The van der Waals surface area contributed by atoms with E-state index in [1.54, 1.807) is 4.90 Å². The molecule has 0 aromatic heterocycles. The van der Waals surface area contributed by atoms with Crippen molar-refractivity contribution in [3.63, 3.8) is 0 Å². The molecule has 0 aliphatic rings. The number of nitrogens with one attached hydrogen (secondary N) is 1. The number of aryl methyl sites for hydroxylation is 3. The molecule has 0 heterocycles. The number of hydrogen-bond acceptors (Lipinski definition) is 3. The molecular weight excluding hydrogens is 424 g/mol. The zero-order valence-corrected chi connectivity index (χ0v) is 20.5. The molecule has 0 unspecified atom stereocenters. The molecule has 0 radical (unpaired) electrons. The summed E-state index contributed by atoms with van der Waals surface area (Å²) in [5.41, 5.74) is 5.11. The van der Waals surface area contributed by atoms with Crippen LogP contribution in [0, 0.1) is 20.8 Å². The third-order valence-electron chi connectivity index (χ3n) is 5.75. The minimum Gasteiger partial charge on any atom is -0.483 e. The van der Waals surface area contributed by atoms with Crippen molar-refractivity contribution in [2.24, 2.45) is 0 Å². The number of nitrogens with zero attached hydrogens (tertiary/aromatic N) is 1. The van der Waals surface area contributed by atoms with Crippen molar-refractivity contribution in [2.75, 3.05) is 13.2 Å². The van der Waals surface area contributed by atoms with Gasteiger partial charge < -0.3 is 15.0 Å². The number of likely N-dealkylation sites (N-methyl/N-ethyl adjacent to an activating group) is 1. The fourth-order valence-electron chi connectivity index (χ4n) is 3.94. The first-order valence-electron chi connectivity index (χ1n) is 11.7. The van der Waals surface area contributed by atoms with Crippen LogP contribution in [0.4, 0.5) is 0 Å². The summed E-state index contributed by atoms with van der Waals surface area (Å²) in [7, 11) is 0. The Balaban J connectivity index is 1.91. The van der Waals surface area contributed by atoms with Crippen molar-refractivity contribution in [3.8, 4) is 5.75 Å². The molecule has 2 amide bonds. The molecule has 5 heteroatoms. The van der Waals surface area contributed by atoms with E-state index < -0.39 is 6.04 Å². The van der Waals surface area contributed by atoms with Crippen LogP contribution in [-0.2, 0) is 22.6 Å². The molecule has 0 aliphatic heterocycles. The number of rotatable bonds is 10. The zero-order valence-electron chi connectivity index (χ0n) is 20.5. The number of benzene rings is 3. The molecule has 0 fully saturated rings. The molecule has 1 N–H and O–H groups in total. The van der Waals surface area contributed by atoms with Crippen molar-refractivity contribution in [1.82, 2.24) is 10.2 Å². The minimum absolute atomic E-state index is 0.138. The Bertz CT molecular complexity index is 1110. The second-order valence-electron chi connectivity index (χ2n) is 8.67. The van der Waals surface area contributed by atoms with Gasteiger partial charge in [-0.1, -0.05) is 72.3 Å². The minimum atomic E-state index is -0.655. The number of amides is 2. The molecule has 34 heavy (non-hydrogen) atoms. The predicted octanol–water partition coefficient (Wildman–Crippen LogP) is 4.77. The molecular formula is C29H34N2O3. The Labute approximate surface area is 202 Å². The van der Waals surface area contributed by atoms with E-state index in [4.69, 9.17) is 4.74 Å². The van der Waals surface area contributed by atoms with Crippen molar-refractivity contribution >= 4 is 11.8 Å².